The molecule has 3 heteroatoms. The van der Waals surface area contributed by atoms with Gasteiger partial charge in [-0.3, -0.25) is 0 Å². The zero-order valence-electron chi connectivity index (χ0n) is 9.18. The highest BCUT2D eigenvalue weighted by molar-refractivity contribution is 9.10. The zero-order valence-corrected chi connectivity index (χ0v) is 10.8. The first kappa shape index (κ1) is 10.6. The number of halogens is 2. The van der Waals surface area contributed by atoms with E-state index in [-0.39, 0.29) is 5.82 Å². The van der Waals surface area contributed by atoms with E-state index < -0.39 is 0 Å². The summed E-state index contributed by atoms with van der Waals surface area (Å²) in [5.74, 6) is -0.109. The number of hydrogen-bond acceptors (Lipinski definition) is 1. The molecule has 3 rings (SSSR count). The van der Waals surface area contributed by atoms with Gasteiger partial charge in [-0.2, -0.15) is 0 Å². The summed E-state index contributed by atoms with van der Waals surface area (Å²) < 4.78 is 14.5. The minimum Gasteiger partial charge on any atom is -0.368 e. The Morgan fingerprint density at radius 2 is 1.88 bits per heavy atom. The predicted molar refractivity (Wildman–Crippen MR) is 67.2 cm³/mol. The molecule has 86 valence electrons. The quantitative estimate of drug-likeness (QED) is 0.754. The van der Waals surface area contributed by atoms with Gasteiger partial charge in [-0.15, -0.1) is 0 Å². The molecule has 0 aromatic heterocycles. The van der Waals surface area contributed by atoms with Crippen molar-refractivity contribution in [2.75, 3.05) is 18.0 Å². The van der Waals surface area contributed by atoms with Crippen molar-refractivity contribution in [2.45, 2.75) is 25.7 Å². The van der Waals surface area contributed by atoms with Gasteiger partial charge in [0.15, 0.2) is 0 Å². The predicted octanol–water partition coefficient (Wildman–Crippen LogP) is 3.97. The molecule has 0 atom stereocenters. The first-order chi connectivity index (χ1) is 7.69. The molecule has 1 aromatic rings. The number of nitrogens with zero attached hydrogens (tertiary/aromatic N) is 1. The van der Waals surface area contributed by atoms with Gasteiger partial charge >= 0.3 is 0 Å². The molecule has 2 aliphatic rings. The van der Waals surface area contributed by atoms with E-state index in [9.17, 15) is 4.39 Å². The van der Waals surface area contributed by atoms with E-state index in [0.29, 0.717) is 5.41 Å². The molecule has 0 radical (unpaired) electrons. The molecule has 1 heterocycles. The van der Waals surface area contributed by atoms with Crippen molar-refractivity contribution in [3.05, 3.63) is 28.5 Å². The number of benzene rings is 1. The zero-order chi connectivity index (χ0) is 11.2. The largest absolute Gasteiger partial charge is 0.368 e. The molecular formula is C13H15BrFN. The summed E-state index contributed by atoms with van der Waals surface area (Å²) in [4.78, 5) is 2.17. The van der Waals surface area contributed by atoms with Crippen molar-refractivity contribution in [1.29, 1.82) is 0 Å². The Balaban J connectivity index is 1.76. The van der Waals surface area contributed by atoms with E-state index in [0.717, 1.165) is 23.2 Å². The molecule has 1 aliphatic carbocycles. The molecule has 1 nitrogen and oxygen atoms in total. The molecule has 0 bridgehead atoms. The summed E-state index contributed by atoms with van der Waals surface area (Å²) >= 11 is 3.29. The molecule has 0 amide bonds. The van der Waals surface area contributed by atoms with Crippen LogP contribution in [-0.2, 0) is 0 Å². The maximum Gasteiger partial charge on any atom is 0.147 e. The van der Waals surface area contributed by atoms with Crippen molar-refractivity contribution in [1.82, 2.24) is 0 Å². The van der Waals surface area contributed by atoms with Crippen LogP contribution in [0.4, 0.5) is 10.1 Å². The SMILES string of the molecule is Fc1cc(Br)ccc1N1CC2(CCCC2)C1. The van der Waals surface area contributed by atoms with Crippen LogP contribution in [0.15, 0.2) is 22.7 Å². The van der Waals surface area contributed by atoms with Crippen molar-refractivity contribution < 1.29 is 4.39 Å². The highest BCUT2D eigenvalue weighted by Gasteiger charge is 2.45. The Morgan fingerprint density at radius 3 is 2.50 bits per heavy atom. The molecule has 2 fully saturated rings. The lowest BCUT2D eigenvalue weighted by atomic mass is 9.78. The second-order valence-electron chi connectivity index (χ2n) is 5.16. The first-order valence-corrected chi connectivity index (χ1v) is 6.68. The third kappa shape index (κ3) is 1.65. The summed E-state index contributed by atoms with van der Waals surface area (Å²) in [5, 5.41) is 0. The lowest BCUT2D eigenvalue weighted by molar-refractivity contribution is 0.220. The van der Waals surface area contributed by atoms with Crippen molar-refractivity contribution in [3.8, 4) is 0 Å². The van der Waals surface area contributed by atoms with Crippen LogP contribution in [0.2, 0.25) is 0 Å². The Bertz CT molecular complexity index is 404. The van der Waals surface area contributed by atoms with Gasteiger partial charge in [0.2, 0.25) is 0 Å². The van der Waals surface area contributed by atoms with E-state index in [1.165, 1.54) is 25.7 Å². The summed E-state index contributed by atoms with van der Waals surface area (Å²) in [6.07, 6.45) is 5.39. The summed E-state index contributed by atoms with van der Waals surface area (Å²) in [6.45, 7) is 2.09. The van der Waals surface area contributed by atoms with Crippen LogP contribution in [0.3, 0.4) is 0 Å². The summed E-state index contributed by atoms with van der Waals surface area (Å²) in [5.41, 5.74) is 1.29. The second-order valence-corrected chi connectivity index (χ2v) is 6.07. The van der Waals surface area contributed by atoms with Gasteiger partial charge in [-0.05, 0) is 31.0 Å². The number of anilines is 1. The Hall–Kier alpha value is -0.570. The fraction of sp³-hybridized carbons (Fsp3) is 0.538. The second kappa shape index (κ2) is 3.73. The van der Waals surface area contributed by atoms with Crippen LogP contribution in [0.5, 0.6) is 0 Å². The van der Waals surface area contributed by atoms with Crippen LogP contribution in [-0.4, -0.2) is 13.1 Å². The lowest BCUT2D eigenvalue weighted by Crippen LogP contribution is -2.55. The van der Waals surface area contributed by atoms with Crippen molar-refractivity contribution in [2.24, 2.45) is 5.41 Å². The Morgan fingerprint density at radius 1 is 1.19 bits per heavy atom. The highest BCUT2D eigenvalue weighted by Crippen LogP contribution is 2.47. The Labute approximate surface area is 104 Å². The summed E-state index contributed by atoms with van der Waals surface area (Å²) in [7, 11) is 0. The standard InChI is InChI=1S/C13H15BrFN/c14-10-3-4-12(11(15)7-10)16-8-13(9-16)5-1-2-6-13/h3-4,7H,1-2,5-6,8-9H2. The van der Waals surface area contributed by atoms with Crippen LogP contribution in [0.25, 0.3) is 0 Å². The molecule has 1 aromatic carbocycles. The minimum atomic E-state index is -0.109. The van der Waals surface area contributed by atoms with Crippen LogP contribution in [0.1, 0.15) is 25.7 Å². The molecule has 16 heavy (non-hydrogen) atoms. The molecule has 1 saturated heterocycles. The van der Waals surface area contributed by atoms with E-state index >= 15 is 0 Å². The first-order valence-electron chi connectivity index (χ1n) is 5.89. The minimum absolute atomic E-state index is 0.109. The van der Waals surface area contributed by atoms with Gasteiger partial charge in [0.25, 0.3) is 0 Å². The fourth-order valence-corrected chi connectivity index (χ4v) is 3.45. The van der Waals surface area contributed by atoms with Crippen LogP contribution < -0.4 is 4.90 Å². The lowest BCUT2D eigenvalue weighted by Gasteiger charge is -2.49. The van der Waals surface area contributed by atoms with E-state index in [2.05, 4.69) is 20.8 Å². The van der Waals surface area contributed by atoms with Gasteiger partial charge < -0.3 is 4.90 Å². The third-order valence-electron chi connectivity index (χ3n) is 3.97. The molecule has 0 unspecified atom stereocenters. The van der Waals surface area contributed by atoms with Crippen LogP contribution >= 0.6 is 15.9 Å². The van der Waals surface area contributed by atoms with Crippen LogP contribution in [0, 0.1) is 11.2 Å². The maximum absolute atomic E-state index is 13.7. The average Bonchev–Trinajstić information content (AvgIpc) is 2.65. The highest BCUT2D eigenvalue weighted by atomic mass is 79.9. The molecule has 0 N–H and O–H groups in total. The number of hydrogen-bond donors (Lipinski definition) is 0. The van der Waals surface area contributed by atoms with Crippen molar-refractivity contribution >= 4 is 21.6 Å². The maximum atomic E-state index is 13.7. The Kier molecular flexibility index (Phi) is 2.46. The van der Waals surface area contributed by atoms with Gasteiger partial charge in [-0.1, -0.05) is 28.8 Å². The van der Waals surface area contributed by atoms with Gasteiger partial charge in [0.1, 0.15) is 5.82 Å². The van der Waals surface area contributed by atoms with E-state index in [4.69, 9.17) is 0 Å². The molecule has 1 saturated carbocycles. The summed E-state index contributed by atoms with van der Waals surface area (Å²) in [6, 6.07) is 5.34. The average molecular weight is 284 g/mol. The van der Waals surface area contributed by atoms with Gasteiger partial charge in [-0.25, -0.2) is 4.39 Å². The van der Waals surface area contributed by atoms with Gasteiger partial charge in [0, 0.05) is 23.0 Å². The fourth-order valence-electron chi connectivity index (χ4n) is 3.11. The van der Waals surface area contributed by atoms with Crippen molar-refractivity contribution in [3.63, 3.8) is 0 Å². The monoisotopic (exact) mass is 283 g/mol. The third-order valence-corrected chi connectivity index (χ3v) is 4.46. The normalized spacial score (nSPS) is 22.5. The molecular weight excluding hydrogens is 269 g/mol. The number of rotatable bonds is 1. The van der Waals surface area contributed by atoms with Gasteiger partial charge in [0.05, 0.1) is 5.69 Å². The van der Waals surface area contributed by atoms with E-state index in [1.807, 2.05) is 12.1 Å². The topological polar surface area (TPSA) is 3.24 Å². The smallest absolute Gasteiger partial charge is 0.147 e. The molecule has 1 spiro atoms. The van der Waals surface area contributed by atoms with E-state index in [1.54, 1.807) is 6.07 Å². The molecule has 1 aliphatic heterocycles.